The summed E-state index contributed by atoms with van der Waals surface area (Å²) in [6.45, 7) is 2.04. The summed E-state index contributed by atoms with van der Waals surface area (Å²) in [5.74, 6) is 1.41. The zero-order valence-electron chi connectivity index (χ0n) is 14.3. The molecule has 1 atom stereocenters. The quantitative estimate of drug-likeness (QED) is 0.783. The van der Waals surface area contributed by atoms with Crippen molar-refractivity contribution in [3.8, 4) is 11.5 Å². The number of benzene rings is 2. The van der Waals surface area contributed by atoms with Crippen LogP contribution in [0.15, 0.2) is 54.6 Å². The van der Waals surface area contributed by atoms with E-state index in [1.807, 2.05) is 55.5 Å². The Labute approximate surface area is 143 Å². The molecule has 0 bridgehead atoms. The number of methoxy groups -OCH3 is 2. The molecular weight excluding hydrogens is 302 g/mol. The molecule has 0 aromatic heterocycles. The van der Waals surface area contributed by atoms with E-state index in [0.717, 1.165) is 29.0 Å². The van der Waals surface area contributed by atoms with Crippen LogP contribution in [0.1, 0.15) is 30.5 Å². The molecule has 0 aliphatic rings. The number of hydrogen-bond donors (Lipinski definition) is 1. The van der Waals surface area contributed by atoms with Gasteiger partial charge in [0.15, 0.2) is 0 Å². The van der Waals surface area contributed by atoms with Gasteiger partial charge in [0.1, 0.15) is 11.5 Å². The largest absolute Gasteiger partial charge is 0.497 e. The SMILES string of the molecule is CC[C@H](NC(=O)/C=C/c1ccccc1OC)c1ccc(OC)cc1. The second kappa shape index (κ2) is 8.77. The van der Waals surface area contributed by atoms with Crippen molar-refractivity contribution in [3.05, 3.63) is 65.7 Å². The van der Waals surface area contributed by atoms with Crippen molar-refractivity contribution >= 4 is 12.0 Å². The van der Waals surface area contributed by atoms with Crippen molar-refractivity contribution in [3.63, 3.8) is 0 Å². The first-order valence-electron chi connectivity index (χ1n) is 7.93. The number of carbonyl (C=O) groups is 1. The van der Waals surface area contributed by atoms with E-state index >= 15 is 0 Å². The summed E-state index contributed by atoms with van der Waals surface area (Å²) in [7, 11) is 3.25. The van der Waals surface area contributed by atoms with Crippen LogP contribution < -0.4 is 14.8 Å². The molecule has 2 aromatic rings. The van der Waals surface area contributed by atoms with Crippen LogP contribution in [0.4, 0.5) is 0 Å². The molecule has 126 valence electrons. The number of ether oxygens (including phenoxy) is 2. The van der Waals surface area contributed by atoms with Crippen LogP contribution in [-0.2, 0) is 4.79 Å². The summed E-state index contributed by atoms with van der Waals surface area (Å²) in [4.78, 5) is 12.2. The first-order valence-corrected chi connectivity index (χ1v) is 7.93. The molecule has 1 amide bonds. The van der Waals surface area contributed by atoms with Crippen LogP contribution in [0, 0.1) is 0 Å². The third-order valence-electron chi connectivity index (χ3n) is 3.80. The van der Waals surface area contributed by atoms with Crippen LogP contribution in [0.5, 0.6) is 11.5 Å². The van der Waals surface area contributed by atoms with E-state index in [0.29, 0.717) is 0 Å². The molecule has 0 aliphatic carbocycles. The Morgan fingerprint density at radius 3 is 2.42 bits per heavy atom. The summed E-state index contributed by atoms with van der Waals surface area (Å²) in [6, 6.07) is 15.3. The normalized spacial score (nSPS) is 12.0. The topological polar surface area (TPSA) is 47.6 Å². The summed E-state index contributed by atoms with van der Waals surface area (Å²) in [5.41, 5.74) is 1.92. The summed E-state index contributed by atoms with van der Waals surface area (Å²) in [5, 5.41) is 3.02. The molecule has 0 saturated heterocycles. The molecule has 24 heavy (non-hydrogen) atoms. The van der Waals surface area contributed by atoms with Gasteiger partial charge in [-0.25, -0.2) is 0 Å². The third-order valence-corrected chi connectivity index (χ3v) is 3.80. The highest BCUT2D eigenvalue weighted by Crippen LogP contribution is 2.21. The van der Waals surface area contributed by atoms with E-state index < -0.39 is 0 Å². The fraction of sp³-hybridized carbons (Fsp3) is 0.250. The summed E-state index contributed by atoms with van der Waals surface area (Å²) >= 11 is 0. The van der Waals surface area contributed by atoms with Gasteiger partial charge in [-0.2, -0.15) is 0 Å². The molecular formula is C20H23NO3. The van der Waals surface area contributed by atoms with E-state index in [1.54, 1.807) is 20.3 Å². The monoisotopic (exact) mass is 325 g/mol. The predicted octanol–water partition coefficient (Wildman–Crippen LogP) is 3.98. The molecule has 4 heteroatoms. The molecule has 0 radical (unpaired) electrons. The van der Waals surface area contributed by atoms with Gasteiger partial charge in [0, 0.05) is 11.6 Å². The number of para-hydroxylation sites is 1. The van der Waals surface area contributed by atoms with Gasteiger partial charge >= 0.3 is 0 Å². The second-order valence-electron chi connectivity index (χ2n) is 5.32. The van der Waals surface area contributed by atoms with Gasteiger partial charge in [-0.3, -0.25) is 4.79 Å². The molecule has 0 spiro atoms. The van der Waals surface area contributed by atoms with Gasteiger partial charge in [0.2, 0.25) is 5.91 Å². The fourth-order valence-corrected chi connectivity index (χ4v) is 2.45. The Bertz CT molecular complexity index is 692. The first-order chi connectivity index (χ1) is 11.7. The highest BCUT2D eigenvalue weighted by molar-refractivity contribution is 5.92. The van der Waals surface area contributed by atoms with E-state index in [-0.39, 0.29) is 11.9 Å². The maximum Gasteiger partial charge on any atom is 0.244 e. The van der Waals surface area contributed by atoms with Gasteiger partial charge in [-0.1, -0.05) is 37.3 Å². The molecule has 0 saturated carbocycles. The maximum atomic E-state index is 12.2. The Balaban J connectivity index is 2.04. The Hall–Kier alpha value is -2.75. The van der Waals surface area contributed by atoms with Gasteiger partial charge in [0.25, 0.3) is 0 Å². The third kappa shape index (κ3) is 4.62. The van der Waals surface area contributed by atoms with Gasteiger partial charge in [-0.05, 0) is 36.3 Å². The minimum Gasteiger partial charge on any atom is -0.497 e. The van der Waals surface area contributed by atoms with Crippen LogP contribution in [-0.4, -0.2) is 20.1 Å². The Morgan fingerprint density at radius 2 is 1.79 bits per heavy atom. The highest BCUT2D eigenvalue weighted by Gasteiger charge is 2.11. The van der Waals surface area contributed by atoms with Crippen LogP contribution in [0.25, 0.3) is 6.08 Å². The zero-order valence-corrected chi connectivity index (χ0v) is 14.3. The van der Waals surface area contributed by atoms with Crippen molar-refractivity contribution in [1.29, 1.82) is 0 Å². The van der Waals surface area contributed by atoms with Crippen molar-refractivity contribution < 1.29 is 14.3 Å². The predicted molar refractivity (Wildman–Crippen MR) is 96.2 cm³/mol. The Kier molecular flexibility index (Phi) is 6.43. The standard InChI is InChI=1S/C20H23NO3/c1-4-18(15-9-12-17(23-2)13-10-15)21-20(22)14-11-16-7-5-6-8-19(16)24-3/h5-14,18H,4H2,1-3H3,(H,21,22)/b14-11+/t18-/m0/s1. The van der Waals surface area contributed by atoms with Crippen LogP contribution in [0.3, 0.4) is 0 Å². The molecule has 2 aromatic carbocycles. The number of nitrogens with one attached hydrogen (secondary N) is 1. The number of hydrogen-bond acceptors (Lipinski definition) is 3. The van der Waals surface area contributed by atoms with Crippen LogP contribution in [0.2, 0.25) is 0 Å². The average molecular weight is 325 g/mol. The smallest absolute Gasteiger partial charge is 0.244 e. The molecule has 0 heterocycles. The van der Waals surface area contributed by atoms with E-state index in [4.69, 9.17) is 9.47 Å². The number of carbonyl (C=O) groups excluding carboxylic acids is 1. The molecule has 1 N–H and O–H groups in total. The molecule has 0 fully saturated rings. The van der Waals surface area contributed by atoms with Gasteiger partial charge in [-0.15, -0.1) is 0 Å². The highest BCUT2D eigenvalue weighted by atomic mass is 16.5. The lowest BCUT2D eigenvalue weighted by molar-refractivity contribution is -0.117. The zero-order chi connectivity index (χ0) is 17.4. The van der Waals surface area contributed by atoms with Crippen LogP contribution >= 0.6 is 0 Å². The molecule has 2 rings (SSSR count). The number of rotatable bonds is 7. The average Bonchev–Trinajstić information content (AvgIpc) is 2.64. The molecule has 4 nitrogen and oxygen atoms in total. The summed E-state index contributed by atoms with van der Waals surface area (Å²) < 4.78 is 10.4. The minimum absolute atomic E-state index is 0.0364. The molecule has 0 unspecified atom stereocenters. The lowest BCUT2D eigenvalue weighted by Gasteiger charge is -2.16. The Morgan fingerprint density at radius 1 is 1.08 bits per heavy atom. The van der Waals surface area contributed by atoms with Crippen molar-refractivity contribution in [1.82, 2.24) is 5.32 Å². The number of amides is 1. The lowest BCUT2D eigenvalue weighted by Crippen LogP contribution is -2.26. The van der Waals surface area contributed by atoms with Gasteiger partial charge < -0.3 is 14.8 Å². The van der Waals surface area contributed by atoms with E-state index in [2.05, 4.69) is 5.32 Å². The first kappa shape index (κ1) is 17.6. The lowest BCUT2D eigenvalue weighted by atomic mass is 10.0. The van der Waals surface area contributed by atoms with E-state index in [1.165, 1.54) is 6.08 Å². The van der Waals surface area contributed by atoms with E-state index in [9.17, 15) is 4.79 Å². The second-order valence-corrected chi connectivity index (χ2v) is 5.32. The van der Waals surface area contributed by atoms with Crippen molar-refractivity contribution in [2.24, 2.45) is 0 Å². The maximum absolute atomic E-state index is 12.2. The minimum atomic E-state index is -0.136. The molecule has 0 aliphatic heterocycles. The fourth-order valence-electron chi connectivity index (χ4n) is 2.45. The van der Waals surface area contributed by atoms with Crippen molar-refractivity contribution in [2.75, 3.05) is 14.2 Å². The van der Waals surface area contributed by atoms with Gasteiger partial charge in [0.05, 0.1) is 20.3 Å². The van der Waals surface area contributed by atoms with Crippen molar-refractivity contribution in [2.45, 2.75) is 19.4 Å². The summed E-state index contributed by atoms with van der Waals surface area (Å²) in [6.07, 6.45) is 4.10.